The quantitative estimate of drug-likeness (QED) is 0.894. The van der Waals surface area contributed by atoms with Gasteiger partial charge in [0.05, 0.1) is 10.6 Å². The van der Waals surface area contributed by atoms with Gasteiger partial charge in [-0.1, -0.05) is 27.5 Å². The lowest BCUT2D eigenvalue weighted by Gasteiger charge is -2.08. The second kappa shape index (κ2) is 6.04. The number of rotatable bonds is 3. The van der Waals surface area contributed by atoms with E-state index >= 15 is 0 Å². The number of pyridine rings is 1. The lowest BCUT2D eigenvalue weighted by atomic mass is 10.2. The summed E-state index contributed by atoms with van der Waals surface area (Å²) >= 11 is 9.32. The van der Waals surface area contributed by atoms with E-state index in [1.807, 2.05) is 12.1 Å². The van der Waals surface area contributed by atoms with Gasteiger partial charge in [-0.3, -0.25) is 4.79 Å². The van der Waals surface area contributed by atoms with Gasteiger partial charge in [0.15, 0.2) is 0 Å². The first-order valence-electron chi connectivity index (χ1n) is 5.50. The van der Waals surface area contributed by atoms with Gasteiger partial charge < -0.3 is 10.6 Å². The zero-order chi connectivity index (χ0) is 13.8. The van der Waals surface area contributed by atoms with Crippen LogP contribution in [0.4, 0.5) is 11.5 Å². The second-order valence-corrected chi connectivity index (χ2v) is 5.08. The Kier molecular flexibility index (Phi) is 4.39. The first kappa shape index (κ1) is 13.8. The van der Waals surface area contributed by atoms with Crippen molar-refractivity contribution in [2.75, 3.05) is 17.7 Å². The van der Waals surface area contributed by atoms with Crippen molar-refractivity contribution in [2.24, 2.45) is 0 Å². The van der Waals surface area contributed by atoms with Gasteiger partial charge in [-0.2, -0.15) is 0 Å². The molecule has 0 saturated heterocycles. The number of anilines is 2. The minimum Gasteiger partial charge on any atom is -0.373 e. The fourth-order valence-corrected chi connectivity index (χ4v) is 1.93. The van der Waals surface area contributed by atoms with Crippen molar-refractivity contribution < 1.29 is 4.79 Å². The minimum atomic E-state index is -0.272. The van der Waals surface area contributed by atoms with E-state index in [1.54, 1.807) is 25.2 Å². The van der Waals surface area contributed by atoms with Crippen LogP contribution < -0.4 is 10.6 Å². The molecule has 1 aromatic heterocycles. The highest BCUT2D eigenvalue weighted by atomic mass is 79.9. The molecule has 0 aliphatic heterocycles. The predicted octanol–water partition coefficient (Wildman–Crippen LogP) is 3.79. The van der Waals surface area contributed by atoms with Crippen molar-refractivity contribution in [3.05, 3.63) is 51.6 Å². The summed E-state index contributed by atoms with van der Waals surface area (Å²) in [6.45, 7) is 0. The van der Waals surface area contributed by atoms with E-state index in [-0.39, 0.29) is 5.91 Å². The van der Waals surface area contributed by atoms with Crippen molar-refractivity contribution >= 4 is 44.9 Å². The Morgan fingerprint density at radius 2 is 2.00 bits per heavy atom. The van der Waals surface area contributed by atoms with Crippen LogP contribution >= 0.6 is 27.5 Å². The Morgan fingerprint density at radius 1 is 1.32 bits per heavy atom. The number of amides is 1. The molecule has 1 heterocycles. The molecule has 2 rings (SSSR count). The summed E-state index contributed by atoms with van der Waals surface area (Å²) in [5.74, 6) is 0.316. The maximum atomic E-state index is 12.1. The minimum absolute atomic E-state index is 0.272. The summed E-state index contributed by atoms with van der Waals surface area (Å²) in [7, 11) is 1.73. The highest BCUT2D eigenvalue weighted by molar-refractivity contribution is 9.10. The fourth-order valence-electron chi connectivity index (χ4n) is 1.48. The topological polar surface area (TPSA) is 54.0 Å². The summed E-state index contributed by atoms with van der Waals surface area (Å²) < 4.78 is 0.949. The molecule has 2 N–H and O–H groups in total. The molecular weight excluding hydrogens is 330 g/mol. The van der Waals surface area contributed by atoms with Gasteiger partial charge in [-0.15, -0.1) is 0 Å². The molecule has 4 nitrogen and oxygen atoms in total. The normalized spacial score (nSPS) is 10.1. The second-order valence-electron chi connectivity index (χ2n) is 3.76. The number of benzene rings is 1. The van der Waals surface area contributed by atoms with Crippen LogP contribution in [0.1, 0.15) is 10.4 Å². The van der Waals surface area contributed by atoms with Crippen LogP contribution in [0, 0.1) is 0 Å². The van der Waals surface area contributed by atoms with Crippen LogP contribution in [0.25, 0.3) is 0 Å². The van der Waals surface area contributed by atoms with Gasteiger partial charge in [-0.05, 0) is 30.3 Å². The summed E-state index contributed by atoms with van der Waals surface area (Å²) in [5.41, 5.74) is 1.08. The first-order valence-corrected chi connectivity index (χ1v) is 6.67. The van der Waals surface area contributed by atoms with Crippen LogP contribution in [0.3, 0.4) is 0 Å². The smallest absolute Gasteiger partial charge is 0.257 e. The van der Waals surface area contributed by atoms with Crippen LogP contribution in [0.2, 0.25) is 5.02 Å². The van der Waals surface area contributed by atoms with Crippen molar-refractivity contribution in [1.29, 1.82) is 0 Å². The molecule has 98 valence electrons. The highest BCUT2D eigenvalue weighted by Gasteiger charge is 2.12. The van der Waals surface area contributed by atoms with E-state index in [2.05, 4.69) is 31.5 Å². The number of nitrogens with zero attached hydrogens (tertiary/aromatic N) is 1. The number of hydrogen-bond acceptors (Lipinski definition) is 3. The number of nitrogens with one attached hydrogen (secondary N) is 2. The SMILES string of the molecule is CNc1cc(C(=O)Nc2ccc(Br)cc2)c(Cl)cn1. The standard InChI is InChI=1S/C13H11BrClN3O/c1-16-12-6-10(11(15)7-17-12)13(19)18-9-4-2-8(14)3-5-9/h2-7H,1H3,(H,16,17)(H,18,19). The molecule has 0 aliphatic carbocycles. The molecule has 1 amide bonds. The average Bonchev–Trinajstić information content (AvgIpc) is 2.42. The van der Waals surface area contributed by atoms with E-state index in [4.69, 9.17) is 11.6 Å². The molecule has 2 aromatic rings. The maximum absolute atomic E-state index is 12.1. The molecule has 0 fully saturated rings. The lowest BCUT2D eigenvalue weighted by molar-refractivity contribution is 0.102. The molecule has 0 radical (unpaired) electrons. The molecule has 0 unspecified atom stereocenters. The van der Waals surface area contributed by atoms with E-state index in [0.29, 0.717) is 22.1 Å². The van der Waals surface area contributed by atoms with E-state index in [9.17, 15) is 4.79 Å². The molecular formula is C13H11BrClN3O. The van der Waals surface area contributed by atoms with Crippen LogP contribution in [-0.2, 0) is 0 Å². The van der Waals surface area contributed by atoms with Gasteiger partial charge in [0.1, 0.15) is 5.82 Å². The Bertz CT molecular complexity index is 601. The van der Waals surface area contributed by atoms with Gasteiger partial charge in [0.25, 0.3) is 5.91 Å². The fraction of sp³-hybridized carbons (Fsp3) is 0.0769. The number of carbonyl (C=O) groups excluding carboxylic acids is 1. The molecule has 6 heteroatoms. The maximum Gasteiger partial charge on any atom is 0.257 e. The average molecular weight is 341 g/mol. The predicted molar refractivity (Wildman–Crippen MR) is 80.9 cm³/mol. The lowest BCUT2D eigenvalue weighted by Crippen LogP contribution is -2.13. The number of hydrogen-bond donors (Lipinski definition) is 2. The monoisotopic (exact) mass is 339 g/mol. The van der Waals surface area contributed by atoms with E-state index in [1.165, 1.54) is 6.20 Å². The van der Waals surface area contributed by atoms with Gasteiger partial charge >= 0.3 is 0 Å². The van der Waals surface area contributed by atoms with E-state index in [0.717, 1.165) is 4.47 Å². The first-order chi connectivity index (χ1) is 9.10. The third-order valence-electron chi connectivity index (χ3n) is 2.46. The number of carbonyl (C=O) groups is 1. The van der Waals surface area contributed by atoms with Crippen molar-refractivity contribution in [2.45, 2.75) is 0 Å². The zero-order valence-electron chi connectivity index (χ0n) is 10.1. The molecule has 19 heavy (non-hydrogen) atoms. The molecule has 0 bridgehead atoms. The Morgan fingerprint density at radius 3 is 2.63 bits per heavy atom. The summed E-state index contributed by atoms with van der Waals surface area (Å²) in [6.07, 6.45) is 1.45. The van der Waals surface area contributed by atoms with Gasteiger partial charge in [-0.25, -0.2) is 4.98 Å². The van der Waals surface area contributed by atoms with Crippen LogP contribution in [0.15, 0.2) is 41.0 Å². The molecule has 0 aliphatic rings. The van der Waals surface area contributed by atoms with Crippen molar-refractivity contribution in [3.8, 4) is 0 Å². The third kappa shape index (κ3) is 3.45. The Balaban J connectivity index is 2.22. The third-order valence-corrected chi connectivity index (χ3v) is 3.29. The molecule has 0 saturated carbocycles. The number of aromatic nitrogens is 1. The molecule has 0 spiro atoms. The Hall–Kier alpha value is -1.59. The van der Waals surface area contributed by atoms with Gasteiger partial charge in [0, 0.05) is 23.4 Å². The van der Waals surface area contributed by atoms with Gasteiger partial charge in [0.2, 0.25) is 0 Å². The van der Waals surface area contributed by atoms with Crippen LogP contribution in [0.5, 0.6) is 0 Å². The van der Waals surface area contributed by atoms with Crippen molar-refractivity contribution in [1.82, 2.24) is 4.98 Å². The molecule has 1 aromatic carbocycles. The Labute approximate surface area is 124 Å². The summed E-state index contributed by atoms with van der Waals surface area (Å²) in [4.78, 5) is 16.2. The molecule has 0 atom stereocenters. The van der Waals surface area contributed by atoms with Crippen molar-refractivity contribution in [3.63, 3.8) is 0 Å². The largest absolute Gasteiger partial charge is 0.373 e. The zero-order valence-corrected chi connectivity index (χ0v) is 12.4. The van der Waals surface area contributed by atoms with E-state index < -0.39 is 0 Å². The summed E-state index contributed by atoms with van der Waals surface area (Å²) in [6, 6.07) is 8.91. The highest BCUT2D eigenvalue weighted by Crippen LogP contribution is 2.20. The van der Waals surface area contributed by atoms with Crippen LogP contribution in [-0.4, -0.2) is 17.9 Å². The number of halogens is 2. The summed E-state index contributed by atoms with van der Waals surface area (Å²) in [5, 5.41) is 5.96.